The van der Waals surface area contributed by atoms with Crippen LogP contribution in [0.2, 0.25) is 0 Å². The number of piperidine rings is 1. The molecule has 1 amide bonds. The van der Waals surface area contributed by atoms with Crippen molar-refractivity contribution in [1.29, 1.82) is 0 Å². The molecule has 1 saturated heterocycles. The third-order valence-electron chi connectivity index (χ3n) is 4.68. The van der Waals surface area contributed by atoms with Crippen LogP contribution < -0.4 is 0 Å². The third-order valence-corrected chi connectivity index (χ3v) is 5.34. The highest BCUT2D eigenvalue weighted by molar-refractivity contribution is 9.10. The molecule has 1 fully saturated rings. The Hall–Kier alpha value is -1.43. The molecule has 0 aromatic heterocycles. The standard InChI is InChI=1S/C20H27BrFNO3/c1-5-13-8-9-23(19(25)26-20(2,3)4)15(10-13)12-18(24)16-7-6-14(22)11-17(16)21/h6-7,11,13,15H,5,8-10,12H2,1-4H3. The molecule has 1 aliphatic heterocycles. The van der Waals surface area contributed by atoms with Crippen LogP contribution in [-0.4, -0.2) is 35.0 Å². The maximum atomic E-state index is 13.3. The fourth-order valence-corrected chi connectivity index (χ4v) is 3.87. The van der Waals surface area contributed by atoms with Gasteiger partial charge in [-0.1, -0.05) is 13.3 Å². The van der Waals surface area contributed by atoms with Crippen LogP contribution in [0.25, 0.3) is 0 Å². The number of nitrogens with zero attached hydrogens (tertiary/aromatic N) is 1. The zero-order valence-corrected chi connectivity index (χ0v) is 17.4. The molecule has 4 nitrogen and oxygen atoms in total. The summed E-state index contributed by atoms with van der Waals surface area (Å²) in [5, 5.41) is 0. The molecule has 0 N–H and O–H groups in total. The fourth-order valence-electron chi connectivity index (χ4n) is 3.30. The topological polar surface area (TPSA) is 46.6 Å². The minimum Gasteiger partial charge on any atom is -0.444 e. The summed E-state index contributed by atoms with van der Waals surface area (Å²) in [7, 11) is 0. The van der Waals surface area contributed by atoms with Crippen molar-refractivity contribution in [2.75, 3.05) is 6.54 Å². The minimum absolute atomic E-state index is 0.104. The molecule has 0 saturated carbocycles. The maximum Gasteiger partial charge on any atom is 0.410 e. The van der Waals surface area contributed by atoms with Crippen LogP contribution in [0.15, 0.2) is 22.7 Å². The lowest BCUT2D eigenvalue weighted by Gasteiger charge is -2.39. The van der Waals surface area contributed by atoms with Gasteiger partial charge >= 0.3 is 6.09 Å². The maximum absolute atomic E-state index is 13.3. The number of hydrogen-bond donors (Lipinski definition) is 0. The first kappa shape index (κ1) is 20.9. The molecular weight excluding hydrogens is 401 g/mol. The van der Waals surface area contributed by atoms with Gasteiger partial charge in [-0.2, -0.15) is 0 Å². The van der Waals surface area contributed by atoms with Gasteiger partial charge in [0.25, 0.3) is 0 Å². The number of amides is 1. The molecule has 1 aromatic rings. The van der Waals surface area contributed by atoms with Crippen molar-refractivity contribution in [3.8, 4) is 0 Å². The van der Waals surface area contributed by atoms with Gasteiger partial charge in [-0.05, 0) is 73.7 Å². The fraction of sp³-hybridized carbons (Fsp3) is 0.600. The van der Waals surface area contributed by atoms with Crippen LogP contribution in [-0.2, 0) is 4.74 Å². The Kier molecular flexibility index (Phi) is 6.83. The average molecular weight is 428 g/mol. The highest BCUT2D eigenvalue weighted by Gasteiger charge is 2.35. The number of likely N-dealkylation sites (tertiary alicyclic amines) is 1. The van der Waals surface area contributed by atoms with E-state index in [0.717, 1.165) is 19.3 Å². The number of rotatable bonds is 4. The number of carbonyl (C=O) groups excluding carboxylic acids is 2. The molecule has 2 unspecified atom stereocenters. The lowest BCUT2D eigenvalue weighted by molar-refractivity contribution is 0.00397. The molecular formula is C20H27BrFNO3. The van der Waals surface area contributed by atoms with Crippen LogP contribution in [0.5, 0.6) is 0 Å². The normalized spacial score (nSPS) is 20.8. The molecule has 6 heteroatoms. The van der Waals surface area contributed by atoms with Gasteiger partial charge in [0.1, 0.15) is 11.4 Å². The Bertz CT molecular complexity index is 672. The summed E-state index contributed by atoms with van der Waals surface area (Å²) in [6, 6.07) is 3.85. The number of hydrogen-bond acceptors (Lipinski definition) is 3. The van der Waals surface area contributed by atoms with Gasteiger partial charge in [0.15, 0.2) is 5.78 Å². The highest BCUT2D eigenvalue weighted by Crippen LogP contribution is 2.30. The molecule has 0 bridgehead atoms. The lowest BCUT2D eigenvalue weighted by Crippen LogP contribution is -2.48. The summed E-state index contributed by atoms with van der Waals surface area (Å²) < 4.78 is 19.2. The van der Waals surface area contributed by atoms with Gasteiger partial charge in [0.05, 0.1) is 0 Å². The first-order valence-corrected chi connectivity index (χ1v) is 9.88. The molecule has 144 valence electrons. The zero-order chi connectivity index (χ0) is 19.5. The van der Waals surface area contributed by atoms with Gasteiger partial charge in [-0.15, -0.1) is 0 Å². The van der Waals surface area contributed by atoms with Crippen molar-refractivity contribution in [2.24, 2.45) is 5.92 Å². The number of ketones is 1. The predicted octanol–water partition coefficient (Wildman–Crippen LogP) is 5.59. The number of Topliss-reactive ketones (excluding diaryl/α,β-unsaturated/α-hetero) is 1. The quantitative estimate of drug-likeness (QED) is 0.588. The van der Waals surface area contributed by atoms with Gasteiger partial charge in [-0.25, -0.2) is 9.18 Å². The third kappa shape index (κ3) is 5.53. The van der Waals surface area contributed by atoms with Crippen LogP contribution in [0, 0.1) is 11.7 Å². The van der Waals surface area contributed by atoms with E-state index in [-0.39, 0.29) is 24.3 Å². The van der Waals surface area contributed by atoms with E-state index in [9.17, 15) is 14.0 Å². The average Bonchev–Trinajstić information content (AvgIpc) is 2.52. The van der Waals surface area contributed by atoms with E-state index >= 15 is 0 Å². The summed E-state index contributed by atoms with van der Waals surface area (Å²) in [6.45, 7) is 8.22. The Morgan fingerprint density at radius 3 is 2.62 bits per heavy atom. The van der Waals surface area contributed by atoms with Crippen LogP contribution in [0.4, 0.5) is 9.18 Å². The number of benzene rings is 1. The monoisotopic (exact) mass is 427 g/mol. The molecule has 1 aliphatic rings. The van der Waals surface area contributed by atoms with Gasteiger partial charge in [0, 0.05) is 29.0 Å². The zero-order valence-electron chi connectivity index (χ0n) is 15.9. The Balaban J connectivity index is 2.17. The molecule has 0 aliphatic carbocycles. The summed E-state index contributed by atoms with van der Waals surface area (Å²) >= 11 is 3.26. The molecule has 1 aromatic carbocycles. The van der Waals surface area contributed by atoms with Crippen molar-refractivity contribution in [1.82, 2.24) is 4.90 Å². The van der Waals surface area contributed by atoms with Crippen molar-refractivity contribution in [3.05, 3.63) is 34.1 Å². The van der Waals surface area contributed by atoms with Crippen molar-refractivity contribution >= 4 is 27.8 Å². The number of halogens is 2. The SMILES string of the molecule is CCC1CCN(C(=O)OC(C)(C)C)C(CC(=O)c2ccc(F)cc2Br)C1. The summed E-state index contributed by atoms with van der Waals surface area (Å²) in [5.41, 5.74) is -0.137. The first-order chi connectivity index (χ1) is 12.1. The number of ether oxygens (including phenoxy) is 1. The lowest BCUT2D eigenvalue weighted by atomic mass is 9.86. The van der Waals surface area contributed by atoms with Gasteiger partial charge < -0.3 is 9.64 Å². The van der Waals surface area contributed by atoms with Crippen molar-refractivity contribution < 1.29 is 18.7 Å². The summed E-state index contributed by atoms with van der Waals surface area (Å²) in [6.07, 6.45) is 2.55. The highest BCUT2D eigenvalue weighted by atomic mass is 79.9. The van der Waals surface area contributed by atoms with Crippen molar-refractivity contribution in [3.63, 3.8) is 0 Å². The second-order valence-corrected chi connectivity index (χ2v) is 8.73. The molecule has 1 heterocycles. The van der Waals surface area contributed by atoms with Crippen LogP contribution in [0.1, 0.15) is 63.7 Å². The molecule has 26 heavy (non-hydrogen) atoms. The second-order valence-electron chi connectivity index (χ2n) is 7.88. The Labute approximate surface area is 163 Å². The second kappa shape index (κ2) is 8.51. The van der Waals surface area contributed by atoms with E-state index < -0.39 is 11.4 Å². The summed E-state index contributed by atoms with van der Waals surface area (Å²) in [5.74, 6) is -0.0112. The molecule has 0 spiro atoms. The smallest absolute Gasteiger partial charge is 0.410 e. The largest absolute Gasteiger partial charge is 0.444 e. The van der Waals surface area contributed by atoms with Gasteiger partial charge in [0.2, 0.25) is 0 Å². The van der Waals surface area contributed by atoms with E-state index in [4.69, 9.17) is 4.74 Å². The number of carbonyl (C=O) groups is 2. The minimum atomic E-state index is -0.576. The molecule has 2 rings (SSSR count). The van der Waals surface area contributed by atoms with Gasteiger partial charge in [-0.3, -0.25) is 4.79 Å². The van der Waals surface area contributed by atoms with E-state index in [0.29, 0.717) is 22.5 Å². The van der Waals surface area contributed by atoms with E-state index in [1.165, 1.54) is 18.2 Å². The van der Waals surface area contributed by atoms with E-state index in [1.54, 1.807) is 4.90 Å². The van der Waals surface area contributed by atoms with Crippen molar-refractivity contribution in [2.45, 2.75) is 65.0 Å². The van der Waals surface area contributed by atoms with E-state index in [2.05, 4.69) is 22.9 Å². The van der Waals surface area contributed by atoms with Crippen LogP contribution >= 0.6 is 15.9 Å². The van der Waals surface area contributed by atoms with E-state index in [1.807, 2.05) is 20.8 Å². The molecule has 2 atom stereocenters. The summed E-state index contributed by atoms with van der Waals surface area (Å²) in [4.78, 5) is 27.0. The predicted molar refractivity (Wildman–Crippen MR) is 103 cm³/mol. The Morgan fingerprint density at radius 1 is 1.35 bits per heavy atom. The first-order valence-electron chi connectivity index (χ1n) is 9.08. The molecule has 0 radical (unpaired) electrons. The Morgan fingerprint density at radius 2 is 2.04 bits per heavy atom. The van der Waals surface area contributed by atoms with Crippen LogP contribution in [0.3, 0.4) is 0 Å².